The van der Waals surface area contributed by atoms with Gasteiger partial charge in [0.15, 0.2) is 5.82 Å². The number of anilines is 3. The second-order valence-corrected chi connectivity index (χ2v) is 10.5. The summed E-state index contributed by atoms with van der Waals surface area (Å²) in [6.07, 6.45) is 11.6. The SMILES string of the molecule is CC12CC3CC(C1)C(Nc1nc(Nc4cccc(Oc5ncccn5)c4)ncc1Cl)C(C3)C2. The van der Waals surface area contributed by atoms with Crippen LogP contribution in [-0.4, -0.2) is 26.0 Å². The van der Waals surface area contributed by atoms with Gasteiger partial charge in [-0.2, -0.15) is 4.98 Å². The molecule has 4 bridgehead atoms. The normalized spacial score (nSPS) is 29.6. The third-order valence-corrected chi connectivity index (χ3v) is 7.74. The zero-order valence-electron chi connectivity index (χ0n) is 18.5. The molecule has 8 heteroatoms. The van der Waals surface area contributed by atoms with Crippen molar-refractivity contribution < 1.29 is 4.74 Å². The van der Waals surface area contributed by atoms with E-state index in [0.29, 0.717) is 51.8 Å². The molecule has 3 aromatic rings. The number of halogens is 1. The van der Waals surface area contributed by atoms with E-state index in [9.17, 15) is 0 Å². The summed E-state index contributed by atoms with van der Waals surface area (Å²) in [4.78, 5) is 17.3. The molecule has 4 saturated carbocycles. The van der Waals surface area contributed by atoms with E-state index in [1.165, 1.54) is 32.1 Å². The van der Waals surface area contributed by atoms with E-state index in [1.54, 1.807) is 24.7 Å². The molecule has 2 aromatic heterocycles. The smallest absolute Gasteiger partial charge is 0.321 e. The van der Waals surface area contributed by atoms with Gasteiger partial charge in [-0.1, -0.05) is 24.6 Å². The fourth-order valence-corrected chi connectivity index (χ4v) is 6.71. The molecule has 0 radical (unpaired) electrons. The van der Waals surface area contributed by atoms with Gasteiger partial charge in [-0.3, -0.25) is 0 Å². The van der Waals surface area contributed by atoms with E-state index in [0.717, 1.165) is 11.6 Å². The number of hydrogen-bond acceptors (Lipinski definition) is 7. The van der Waals surface area contributed by atoms with Crippen LogP contribution in [0.15, 0.2) is 48.9 Å². The van der Waals surface area contributed by atoms with Crippen LogP contribution in [0.4, 0.5) is 17.5 Å². The average Bonchev–Trinajstić information content (AvgIpc) is 2.78. The molecule has 0 aliphatic heterocycles. The molecule has 7 rings (SSSR count). The number of benzene rings is 1. The molecular formula is C25H27ClN6O. The number of nitrogens with zero attached hydrogens (tertiary/aromatic N) is 4. The highest BCUT2D eigenvalue weighted by atomic mass is 35.5. The van der Waals surface area contributed by atoms with Crippen LogP contribution < -0.4 is 15.4 Å². The van der Waals surface area contributed by atoms with Crippen LogP contribution in [0.2, 0.25) is 5.02 Å². The standard InChI is InChI=1S/C25H27ClN6O/c1-25-11-15-8-16(12-25)21(17(9-15)13-25)31-22-20(26)14-29-23(32-22)30-18-4-2-5-19(10-18)33-24-27-6-3-7-28-24/h2-7,10,14-17,21H,8-9,11-13H2,1H3,(H2,29,30,31,32). The fourth-order valence-electron chi connectivity index (χ4n) is 6.56. The second-order valence-electron chi connectivity index (χ2n) is 10.1. The predicted molar refractivity (Wildman–Crippen MR) is 128 cm³/mol. The number of nitrogens with one attached hydrogen (secondary N) is 2. The first-order chi connectivity index (χ1) is 16.0. The lowest BCUT2D eigenvalue weighted by Gasteiger charge is -2.59. The lowest BCUT2D eigenvalue weighted by molar-refractivity contribution is -0.0505. The van der Waals surface area contributed by atoms with Crippen molar-refractivity contribution in [3.63, 3.8) is 0 Å². The van der Waals surface area contributed by atoms with Crippen molar-refractivity contribution in [2.24, 2.45) is 23.2 Å². The third kappa shape index (κ3) is 4.22. The maximum absolute atomic E-state index is 6.51. The average molecular weight is 463 g/mol. The highest BCUT2D eigenvalue weighted by molar-refractivity contribution is 6.32. The Morgan fingerprint density at radius 2 is 1.82 bits per heavy atom. The van der Waals surface area contributed by atoms with Crippen molar-refractivity contribution >= 4 is 29.1 Å². The van der Waals surface area contributed by atoms with Gasteiger partial charge in [0.2, 0.25) is 5.95 Å². The molecule has 2 unspecified atom stereocenters. The van der Waals surface area contributed by atoms with Crippen LogP contribution >= 0.6 is 11.6 Å². The van der Waals surface area contributed by atoms with Gasteiger partial charge in [0.05, 0.1) is 6.20 Å². The monoisotopic (exact) mass is 462 g/mol. The molecule has 1 aromatic carbocycles. The van der Waals surface area contributed by atoms with Crippen LogP contribution in [0, 0.1) is 23.2 Å². The van der Waals surface area contributed by atoms with Crippen LogP contribution in [0.3, 0.4) is 0 Å². The van der Waals surface area contributed by atoms with Gasteiger partial charge in [-0.25, -0.2) is 15.0 Å². The van der Waals surface area contributed by atoms with E-state index >= 15 is 0 Å². The topological polar surface area (TPSA) is 84.9 Å². The van der Waals surface area contributed by atoms with Crippen LogP contribution in [0.25, 0.3) is 0 Å². The first-order valence-electron chi connectivity index (χ1n) is 11.6. The molecule has 0 spiro atoms. The van der Waals surface area contributed by atoms with Gasteiger partial charge in [0.25, 0.3) is 0 Å². The molecule has 4 fully saturated rings. The maximum Gasteiger partial charge on any atom is 0.321 e. The Kier molecular flexibility index (Phi) is 5.09. The minimum atomic E-state index is 0.299. The van der Waals surface area contributed by atoms with Crippen molar-refractivity contribution in [1.82, 2.24) is 19.9 Å². The van der Waals surface area contributed by atoms with E-state index in [4.69, 9.17) is 21.3 Å². The largest absolute Gasteiger partial charge is 0.424 e. The van der Waals surface area contributed by atoms with Crippen molar-refractivity contribution in [2.75, 3.05) is 10.6 Å². The Bertz CT molecular complexity index is 1140. The second kappa shape index (κ2) is 8.13. The van der Waals surface area contributed by atoms with E-state index in [2.05, 4.69) is 32.5 Å². The Balaban J connectivity index is 1.18. The molecule has 7 nitrogen and oxygen atoms in total. The van der Waals surface area contributed by atoms with E-state index in [1.807, 2.05) is 24.3 Å². The molecule has 0 saturated heterocycles. The van der Waals surface area contributed by atoms with Crippen molar-refractivity contribution in [1.29, 1.82) is 0 Å². The summed E-state index contributed by atoms with van der Waals surface area (Å²) in [6.45, 7) is 2.48. The molecule has 2 heterocycles. The number of hydrogen-bond donors (Lipinski definition) is 2. The van der Waals surface area contributed by atoms with Crippen LogP contribution in [-0.2, 0) is 0 Å². The number of ether oxygens (including phenoxy) is 1. The van der Waals surface area contributed by atoms with Gasteiger partial charge in [-0.15, -0.1) is 0 Å². The Morgan fingerprint density at radius 3 is 2.58 bits per heavy atom. The summed E-state index contributed by atoms with van der Waals surface area (Å²) in [5.74, 6) is 4.14. The molecule has 4 aliphatic carbocycles. The molecule has 4 aliphatic rings. The number of rotatable bonds is 6. The summed E-state index contributed by atoms with van der Waals surface area (Å²) in [5.41, 5.74) is 1.34. The lowest BCUT2D eigenvalue weighted by Crippen LogP contribution is -2.55. The van der Waals surface area contributed by atoms with E-state index in [-0.39, 0.29) is 0 Å². The summed E-state index contributed by atoms with van der Waals surface area (Å²) in [7, 11) is 0. The molecular weight excluding hydrogens is 436 g/mol. The minimum absolute atomic E-state index is 0.299. The van der Waals surface area contributed by atoms with Gasteiger partial charge < -0.3 is 15.4 Å². The summed E-state index contributed by atoms with van der Waals surface area (Å²) in [6, 6.07) is 10.0. The molecule has 33 heavy (non-hydrogen) atoms. The van der Waals surface area contributed by atoms with Crippen molar-refractivity contribution in [3.05, 3.63) is 53.9 Å². The quantitative estimate of drug-likeness (QED) is 0.459. The highest BCUT2D eigenvalue weighted by Crippen LogP contribution is 2.60. The summed E-state index contributed by atoms with van der Waals surface area (Å²) >= 11 is 6.51. The summed E-state index contributed by atoms with van der Waals surface area (Å²) < 4.78 is 5.73. The first-order valence-corrected chi connectivity index (χ1v) is 12.0. The number of aromatic nitrogens is 4. The van der Waals surface area contributed by atoms with Gasteiger partial charge >= 0.3 is 6.01 Å². The molecule has 0 amide bonds. The lowest BCUT2D eigenvalue weighted by atomic mass is 9.48. The van der Waals surface area contributed by atoms with Crippen molar-refractivity contribution in [3.8, 4) is 11.8 Å². The highest BCUT2D eigenvalue weighted by Gasteiger charge is 2.53. The van der Waals surface area contributed by atoms with Gasteiger partial charge in [-0.05, 0) is 73.5 Å². The molecule has 2 atom stereocenters. The molecule has 170 valence electrons. The molecule has 2 N–H and O–H groups in total. The first kappa shape index (κ1) is 20.7. The van der Waals surface area contributed by atoms with Crippen molar-refractivity contribution in [2.45, 2.75) is 45.1 Å². The maximum atomic E-state index is 6.51. The fraction of sp³-hybridized carbons (Fsp3) is 0.440. The zero-order chi connectivity index (χ0) is 22.4. The predicted octanol–water partition coefficient (Wildman–Crippen LogP) is 6.08. The summed E-state index contributed by atoms with van der Waals surface area (Å²) in [5, 5.41) is 7.53. The minimum Gasteiger partial charge on any atom is -0.424 e. The van der Waals surface area contributed by atoms with Gasteiger partial charge in [0.1, 0.15) is 10.8 Å². The van der Waals surface area contributed by atoms with E-state index < -0.39 is 0 Å². The zero-order valence-corrected chi connectivity index (χ0v) is 19.3. The third-order valence-electron chi connectivity index (χ3n) is 7.47. The van der Waals surface area contributed by atoms with Crippen LogP contribution in [0.5, 0.6) is 11.8 Å². The Labute approximate surface area is 198 Å². The van der Waals surface area contributed by atoms with Crippen LogP contribution in [0.1, 0.15) is 39.0 Å². The Morgan fingerprint density at radius 1 is 1.03 bits per heavy atom. The Hall–Kier alpha value is -2.93. The van der Waals surface area contributed by atoms with Gasteiger partial charge in [0, 0.05) is 30.2 Å².